The Morgan fingerprint density at radius 3 is 2.71 bits per heavy atom. The van der Waals surface area contributed by atoms with E-state index in [4.69, 9.17) is 0 Å². The molecule has 1 N–H and O–H groups in total. The molecule has 1 heterocycles. The molecule has 6 heteroatoms. The molecule has 0 radical (unpaired) electrons. The first-order chi connectivity index (χ1) is 6.44. The van der Waals surface area contributed by atoms with E-state index >= 15 is 0 Å². The first kappa shape index (κ1) is 11.9. The van der Waals surface area contributed by atoms with Crippen LogP contribution in [-0.4, -0.2) is 40.0 Å². The molecule has 14 heavy (non-hydrogen) atoms. The Morgan fingerprint density at radius 2 is 2.21 bits per heavy atom. The smallest absolute Gasteiger partial charge is 0.264 e. The average molecular weight is 225 g/mol. The number of nitrogens with one attached hydrogen (secondary N) is 1. The van der Waals surface area contributed by atoms with E-state index in [1.54, 1.807) is 0 Å². The third kappa shape index (κ3) is 3.18. The van der Waals surface area contributed by atoms with Crippen molar-refractivity contribution < 1.29 is 17.0 Å². The van der Waals surface area contributed by atoms with E-state index in [2.05, 4.69) is 9.50 Å². The molecular formula is C8H16FNO3S. The van der Waals surface area contributed by atoms with Crippen molar-refractivity contribution in [3.8, 4) is 0 Å². The Kier molecular flexibility index (Phi) is 3.86. The maximum absolute atomic E-state index is 13.2. The Balaban J connectivity index is 2.45. The van der Waals surface area contributed by atoms with Crippen molar-refractivity contribution in [1.29, 1.82) is 0 Å². The summed E-state index contributed by atoms with van der Waals surface area (Å²) in [6.07, 6.45) is 0.787. The highest BCUT2D eigenvalue weighted by atomic mass is 32.2. The van der Waals surface area contributed by atoms with Crippen molar-refractivity contribution in [3.63, 3.8) is 0 Å². The van der Waals surface area contributed by atoms with Crippen LogP contribution in [0.3, 0.4) is 0 Å². The number of halogens is 1. The van der Waals surface area contributed by atoms with Crippen LogP contribution < -0.4 is 5.32 Å². The average Bonchev–Trinajstić information content (AvgIpc) is 2.41. The summed E-state index contributed by atoms with van der Waals surface area (Å²) in [6.45, 7) is 2.20. The normalized spacial score (nSPS) is 33.5. The van der Waals surface area contributed by atoms with Crippen LogP contribution in [-0.2, 0) is 14.3 Å². The van der Waals surface area contributed by atoms with Crippen LogP contribution in [0.5, 0.6) is 0 Å². The van der Waals surface area contributed by atoms with Gasteiger partial charge in [0.2, 0.25) is 0 Å². The Morgan fingerprint density at radius 1 is 1.57 bits per heavy atom. The summed E-state index contributed by atoms with van der Waals surface area (Å²) in [4.78, 5) is 0. The molecule has 0 bridgehead atoms. The van der Waals surface area contributed by atoms with Gasteiger partial charge in [0.15, 0.2) is 0 Å². The predicted molar refractivity (Wildman–Crippen MR) is 51.3 cm³/mol. The maximum atomic E-state index is 13.2. The van der Waals surface area contributed by atoms with Crippen molar-refractivity contribution in [2.45, 2.75) is 25.6 Å². The van der Waals surface area contributed by atoms with Gasteiger partial charge < -0.3 is 5.32 Å². The zero-order chi connectivity index (χ0) is 10.8. The summed E-state index contributed by atoms with van der Waals surface area (Å²) in [7, 11) is -3.42. The molecule has 0 spiro atoms. The third-order valence-corrected chi connectivity index (χ3v) is 3.05. The van der Waals surface area contributed by atoms with E-state index in [1.165, 1.54) is 0 Å². The van der Waals surface area contributed by atoms with E-state index in [1.807, 2.05) is 6.92 Å². The van der Waals surface area contributed by atoms with Crippen molar-refractivity contribution in [2.75, 3.05) is 19.4 Å². The van der Waals surface area contributed by atoms with Crippen molar-refractivity contribution in [3.05, 3.63) is 0 Å². The van der Waals surface area contributed by atoms with Crippen LogP contribution in [0.25, 0.3) is 0 Å². The van der Waals surface area contributed by atoms with E-state index in [9.17, 15) is 12.8 Å². The summed E-state index contributed by atoms with van der Waals surface area (Å²) in [6, 6.07) is -0.190. The summed E-state index contributed by atoms with van der Waals surface area (Å²) < 4.78 is 39.3. The zero-order valence-electron chi connectivity index (χ0n) is 8.36. The Hall–Kier alpha value is -0.200. The van der Waals surface area contributed by atoms with E-state index in [0.717, 1.165) is 6.26 Å². The zero-order valence-corrected chi connectivity index (χ0v) is 9.18. The van der Waals surface area contributed by atoms with Crippen LogP contribution in [0, 0.1) is 5.92 Å². The van der Waals surface area contributed by atoms with Crippen molar-refractivity contribution in [2.24, 2.45) is 5.92 Å². The molecule has 0 aromatic rings. The van der Waals surface area contributed by atoms with Crippen LogP contribution in [0.15, 0.2) is 0 Å². The molecular weight excluding hydrogens is 209 g/mol. The van der Waals surface area contributed by atoms with Gasteiger partial charge in [-0.3, -0.25) is 4.18 Å². The van der Waals surface area contributed by atoms with Crippen LogP contribution in [0.4, 0.5) is 4.39 Å². The predicted octanol–water partition coefficient (Wildman–Crippen LogP) is 0.299. The molecule has 1 aliphatic heterocycles. The second-order valence-corrected chi connectivity index (χ2v) is 5.24. The van der Waals surface area contributed by atoms with E-state index in [0.29, 0.717) is 6.42 Å². The minimum absolute atomic E-state index is 0.0256. The Labute approximate surface area is 84.0 Å². The minimum atomic E-state index is -3.42. The lowest BCUT2D eigenvalue weighted by atomic mass is 9.97. The molecule has 0 amide bonds. The number of hydrogen-bond donors (Lipinski definition) is 1. The second kappa shape index (κ2) is 4.55. The highest BCUT2D eigenvalue weighted by Crippen LogP contribution is 2.22. The van der Waals surface area contributed by atoms with Gasteiger partial charge in [-0.05, 0) is 6.42 Å². The van der Waals surface area contributed by atoms with Gasteiger partial charge in [-0.2, -0.15) is 8.42 Å². The molecule has 84 valence electrons. The van der Waals surface area contributed by atoms with E-state index < -0.39 is 16.3 Å². The topological polar surface area (TPSA) is 55.4 Å². The highest BCUT2D eigenvalue weighted by molar-refractivity contribution is 7.85. The van der Waals surface area contributed by atoms with E-state index in [-0.39, 0.29) is 25.1 Å². The lowest BCUT2D eigenvalue weighted by Gasteiger charge is -2.17. The summed E-state index contributed by atoms with van der Waals surface area (Å²) in [5.41, 5.74) is 0. The Bertz CT molecular complexity index is 280. The van der Waals surface area contributed by atoms with Crippen LogP contribution in [0.1, 0.15) is 13.3 Å². The van der Waals surface area contributed by atoms with Gasteiger partial charge >= 0.3 is 0 Å². The van der Waals surface area contributed by atoms with Crippen molar-refractivity contribution >= 4 is 10.1 Å². The fourth-order valence-electron chi connectivity index (χ4n) is 1.74. The monoisotopic (exact) mass is 225 g/mol. The SMILES string of the molecule is CC[C@@H]1[C@H](F)CN[C@@H]1COS(C)(=O)=O. The lowest BCUT2D eigenvalue weighted by Crippen LogP contribution is -2.33. The van der Waals surface area contributed by atoms with Gasteiger partial charge in [0.1, 0.15) is 6.17 Å². The number of hydrogen-bond acceptors (Lipinski definition) is 4. The number of rotatable bonds is 4. The quantitative estimate of drug-likeness (QED) is 0.699. The molecule has 1 aliphatic rings. The van der Waals surface area contributed by atoms with Crippen LogP contribution >= 0.6 is 0 Å². The van der Waals surface area contributed by atoms with Gasteiger partial charge in [-0.15, -0.1) is 0 Å². The standard InChI is InChI=1S/C8H16FNO3S/c1-3-6-7(9)4-10-8(6)5-13-14(2,11)12/h6-8,10H,3-5H2,1-2H3/t6-,7-,8-/m1/s1. The third-order valence-electron chi connectivity index (χ3n) is 2.49. The van der Waals surface area contributed by atoms with Gasteiger partial charge in [0.25, 0.3) is 10.1 Å². The van der Waals surface area contributed by atoms with Gasteiger partial charge in [-0.1, -0.05) is 6.92 Å². The fraction of sp³-hybridized carbons (Fsp3) is 1.00. The fourth-order valence-corrected chi connectivity index (χ4v) is 2.13. The van der Waals surface area contributed by atoms with Crippen molar-refractivity contribution in [1.82, 2.24) is 5.32 Å². The molecule has 4 nitrogen and oxygen atoms in total. The molecule has 0 unspecified atom stereocenters. The molecule has 0 saturated carbocycles. The molecule has 1 rings (SSSR count). The highest BCUT2D eigenvalue weighted by Gasteiger charge is 2.35. The molecule has 1 saturated heterocycles. The van der Waals surface area contributed by atoms with Crippen LogP contribution in [0.2, 0.25) is 0 Å². The summed E-state index contributed by atoms with van der Waals surface area (Å²) >= 11 is 0. The first-order valence-electron chi connectivity index (χ1n) is 4.66. The maximum Gasteiger partial charge on any atom is 0.264 e. The molecule has 0 aromatic carbocycles. The molecule has 0 aromatic heterocycles. The number of alkyl halides is 1. The lowest BCUT2D eigenvalue weighted by molar-refractivity contribution is 0.209. The van der Waals surface area contributed by atoms with Gasteiger partial charge in [0, 0.05) is 18.5 Å². The molecule has 3 atom stereocenters. The second-order valence-electron chi connectivity index (χ2n) is 3.59. The minimum Gasteiger partial charge on any atom is -0.308 e. The largest absolute Gasteiger partial charge is 0.308 e. The molecule has 1 fully saturated rings. The van der Waals surface area contributed by atoms with Gasteiger partial charge in [0.05, 0.1) is 12.9 Å². The molecule has 0 aliphatic carbocycles. The first-order valence-corrected chi connectivity index (χ1v) is 6.47. The summed E-state index contributed by atoms with van der Waals surface area (Å²) in [5, 5.41) is 2.92. The van der Waals surface area contributed by atoms with Gasteiger partial charge in [-0.25, -0.2) is 4.39 Å². The summed E-state index contributed by atoms with van der Waals surface area (Å²) in [5.74, 6) is -0.142.